The zero-order valence-electron chi connectivity index (χ0n) is 20.8. The molecule has 0 fully saturated rings. The summed E-state index contributed by atoms with van der Waals surface area (Å²) in [7, 11) is 3.16. The Balaban J connectivity index is 1.34. The summed E-state index contributed by atoms with van der Waals surface area (Å²) in [6.45, 7) is 0. The largest absolute Gasteiger partial charge is 0.497 e. The van der Waals surface area contributed by atoms with Crippen LogP contribution in [0, 0.1) is 5.82 Å². The Hall–Kier alpha value is -4.18. The van der Waals surface area contributed by atoms with Gasteiger partial charge in [0, 0.05) is 24.1 Å². The van der Waals surface area contributed by atoms with E-state index in [1.54, 1.807) is 61.7 Å². The van der Waals surface area contributed by atoms with E-state index in [9.17, 15) is 14.0 Å². The first-order valence-electron chi connectivity index (χ1n) is 11.9. The smallest absolute Gasteiger partial charge is 0.262 e. The maximum absolute atomic E-state index is 14.8. The van der Waals surface area contributed by atoms with Crippen LogP contribution in [0.1, 0.15) is 30.0 Å². The minimum Gasteiger partial charge on any atom is -0.497 e. The van der Waals surface area contributed by atoms with E-state index < -0.39 is 17.2 Å². The number of hydrazone groups is 1. The first-order chi connectivity index (χ1) is 18.4. The summed E-state index contributed by atoms with van der Waals surface area (Å²) in [5.41, 5.74) is 2.65. The molecule has 0 unspecified atom stereocenters. The lowest BCUT2D eigenvalue weighted by atomic mass is 9.98. The molecule has 0 saturated heterocycles. The fourth-order valence-corrected chi connectivity index (χ4v) is 5.35. The van der Waals surface area contributed by atoms with Gasteiger partial charge in [-0.1, -0.05) is 30.0 Å². The maximum atomic E-state index is 14.8. The number of nitrogens with one attached hydrogen (secondary N) is 1. The highest BCUT2D eigenvalue weighted by Crippen LogP contribution is 2.39. The van der Waals surface area contributed by atoms with Gasteiger partial charge in [-0.3, -0.25) is 9.59 Å². The van der Waals surface area contributed by atoms with Crippen LogP contribution >= 0.6 is 11.8 Å². The van der Waals surface area contributed by atoms with Gasteiger partial charge in [0.25, 0.3) is 5.91 Å². The maximum Gasteiger partial charge on any atom is 0.262 e. The van der Waals surface area contributed by atoms with Gasteiger partial charge >= 0.3 is 0 Å². The lowest BCUT2D eigenvalue weighted by Gasteiger charge is -2.23. The van der Waals surface area contributed by atoms with Crippen molar-refractivity contribution in [3.05, 3.63) is 89.7 Å². The van der Waals surface area contributed by atoms with Gasteiger partial charge < -0.3 is 14.8 Å². The fourth-order valence-electron chi connectivity index (χ4n) is 4.29. The Morgan fingerprint density at radius 1 is 1.03 bits per heavy atom. The molecule has 0 bridgehead atoms. The van der Waals surface area contributed by atoms with Gasteiger partial charge in [-0.25, -0.2) is 9.40 Å². The second-order valence-electron chi connectivity index (χ2n) is 8.68. The Kier molecular flexibility index (Phi) is 7.41. The molecule has 194 valence electrons. The van der Waals surface area contributed by atoms with Gasteiger partial charge in [0.1, 0.15) is 22.6 Å². The predicted octanol–water partition coefficient (Wildman–Crippen LogP) is 5.02. The number of thioether (sulfide) groups is 1. The van der Waals surface area contributed by atoms with Crippen molar-refractivity contribution in [2.45, 2.75) is 24.1 Å². The van der Waals surface area contributed by atoms with Gasteiger partial charge in [0.05, 0.1) is 26.0 Å². The fraction of sp³-hybridized carbons (Fsp3) is 0.214. The van der Waals surface area contributed by atoms with Gasteiger partial charge in [-0.2, -0.15) is 10.1 Å². The van der Waals surface area contributed by atoms with E-state index >= 15 is 0 Å². The van der Waals surface area contributed by atoms with Crippen molar-refractivity contribution in [2.24, 2.45) is 10.1 Å². The average Bonchev–Trinajstić information content (AvgIpc) is 3.53. The average molecular weight is 533 g/mol. The molecule has 2 amide bonds. The number of anilines is 1. The van der Waals surface area contributed by atoms with Crippen molar-refractivity contribution in [1.29, 1.82) is 0 Å². The van der Waals surface area contributed by atoms with Crippen LogP contribution in [0.4, 0.5) is 10.1 Å². The molecule has 1 N–H and O–H groups in total. The van der Waals surface area contributed by atoms with Crippen molar-refractivity contribution in [3.8, 4) is 11.5 Å². The monoisotopic (exact) mass is 532 g/mol. The normalized spacial score (nSPS) is 18.7. The van der Waals surface area contributed by atoms with Crippen LogP contribution < -0.4 is 14.8 Å². The Labute approximate surface area is 223 Å². The zero-order chi connectivity index (χ0) is 26.6. The second kappa shape index (κ2) is 11.1. The van der Waals surface area contributed by atoms with E-state index in [2.05, 4.69) is 10.3 Å². The standard InChI is InChI=1S/C28H25FN4O4S/c1-36-19-11-7-17(8-12-19)23-15-24(21-5-3-4-6-22(21)29)33(32-23)28-31-27(35)25(38-28)16-26(34)30-18-9-13-20(37-2)14-10-18/h3-14,24-25H,15-16H2,1-2H3,(H,30,34)/t24-,25+/m1/s1. The zero-order valence-corrected chi connectivity index (χ0v) is 21.6. The molecule has 2 heterocycles. The number of benzene rings is 3. The first kappa shape index (κ1) is 25.5. The van der Waals surface area contributed by atoms with E-state index in [1.807, 2.05) is 24.3 Å². The minimum absolute atomic E-state index is 0.0597. The molecule has 0 saturated carbocycles. The molecule has 2 aliphatic heterocycles. The number of carbonyl (C=O) groups excluding carboxylic acids is 2. The molecule has 38 heavy (non-hydrogen) atoms. The third kappa shape index (κ3) is 5.40. The summed E-state index contributed by atoms with van der Waals surface area (Å²) in [6.07, 6.45) is 0.361. The highest BCUT2D eigenvalue weighted by atomic mass is 32.2. The van der Waals surface area contributed by atoms with E-state index in [0.717, 1.165) is 23.0 Å². The van der Waals surface area contributed by atoms with Crippen molar-refractivity contribution in [3.63, 3.8) is 0 Å². The number of hydrogen-bond donors (Lipinski definition) is 1. The Bertz CT molecular complexity index is 1410. The number of hydrogen-bond acceptors (Lipinski definition) is 7. The van der Waals surface area contributed by atoms with Crippen LogP contribution in [0.15, 0.2) is 82.9 Å². The molecular weight excluding hydrogens is 507 g/mol. The van der Waals surface area contributed by atoms with Gasteiger partial charge in [-0.05, 0) is 60.2 Å². The second-order valence-corrected chi connectivity index (χ2v) is 9.85. The number of amidine groups is 1. The Morgan fingerprint density at radius 3 is 2.34 bits per heavy atom. The minimum atomic E-state index is -0.704. The van der Waals surface area contributed by atoms with Gasteiger partial charge in [-0.15, -0.1) is 0 Å². The molecule has 3 aromatic carbocycles. The number of methoxy groups -OCH3 is 2. The van der Waals surface area contributed by atoms with E-state index in [-0.39, 0.29) is 18.1 Å². The number of nitrogens with zero attached hydrogens (tertiary/aromatic N) is 3. The summed E-state index contributed by atoms with van der Waals surface area (Å²) in [6, 6.07) is 20.4. The number of rotatable bonds is 7. The third-order valence-corrected chi connectivity index (χ3v) is 7.41. The quantitative estimate of drug-likeness (QED) is 0.459. The summed E-state index contributed by atoms with van der Waals surface area (Å²) in [5.74, 6) is 0.292. The molecule has 0 radical (unpaired) electrons. The summed E-state index contributed by atoms with van der Waals surface area (Å²) in [5, 5.41) is 8.78. The summed E-state index contributed by atoms with van der Waals surface area (Å²) < 4.78 is 25.2. The number of aliphatic imine (C=N–C) groups is 1. The van der Waals surface area contributed by atoms with Crippen molar-refractivity contribution in [1.82, 2.24) is 5.01 Å². The number of carbonyl (C=O) groups is 2. The molecule has 2 aliphatic rings. The summed E-state index contributed by atoms with van der Waals surface area (Å²) in [4.78, 5) is 29.6. The molecule has 8 nitrogen and oxygen atoms in total. The molecule has 10 heteroatoms. The lowest BCUT2D eigenvalue weighted by molar-refractivity contribution is -0.121. The van der Waals surface area contributed by atoms with Crippen molar-refractivity contribution in [2.75, 3.05) is 19.5 Å². The van der Waals surface area contributed by atoms with Crippen LogP contribution in [0.3, 0.4) is 0 Å². The van der Waals surface area contributed by atoms with Crippen LogP contribution in [0.25, 0.3) is 0 Å². The van der Waals surface area contributed by atoms with Crippen molar-refractivity contribution < 1.29 is 23.5 Å². The predicted molar refractivity (Wildman–Crippen MR) is 145 cm³/mol. The molecule has 2 atom stereocenters. The third-order valence-electron chi connectivity index (χ3n) is 6.27. The SMILES string of the molecule is COc1ccc(NC(=O)C[C@@H]2SC(N3N=C(c4ccc(OC)cc4)C[C@@H]3c3ccccc3F)=NC2=O)cc1. The molecule has 5 rings (SSSR count). The molecule has 0 aliphatic carbocycles. The highest BCUT2D eigenvalue weighted by Gasteiger charge is 2.39. The van der Waals surface area contributed by atoms with Crippen LogP contribution in [0.5, 0.6) is 11.5 Å². The van der Waals surface area contributed by atoms with E-state index in [4.69, 9.17) is 14.6 Å². The van der Waals surface area contributed by atoms with E-state index in [1.165, 1.54) is 6.07 Å². The molecule has 0 spiro atoms. The molecular formula is C28H25FN4O4S. The summed E-state index contributed by atoms with van der Waals surface area (Å²) >= 11 is 1.16. The first-order valence-corrected chi connectivity index (χ1v) is 12.8. The molecule has 3 aromatic rings. The van der Waals surface area contributed by atoms with Gasteiger partial charge in [0.15, 0.2) is 5.17 Å². The number of amides is 2. The lowest BCUT2D eigenvalue weighted by Crippen LogP contribution is -2.25. The Morgan fingerprint density at radius 2 is 1.68 bits per heavy atom. The van der Waals surface area contributed by atoms with Crippen molar-refractivity contribution >= 4 is 40.1 Å². The van der Waals surface area contributed by atoms with Gasteiger partial charge in [0.2, 0.25) is 5.91 Å². The molecule has 0 aromatic heterocycles. The topological polar surface area (TPSA) is 92.6 Å². The van der Waals surface area contributed by atoms with Crippen LogP contribution in [-0.2, 0) is 9.59 Å². The highest BCUT2D eigenvalue weighted by molar-refractivity contribution is 8.15. The van der Waals surface area contributed by atoms with Crippen LogP contribution in [-0.4, -0.2) is 47.2 Å². The van der Waals surface area contributed by atoms with Crippen LogP contribution in [0.2, 0.25) is 0 Å². The van der Waals surface area contributed by atoms with E-state index in [0.29, 0.717) is 34.3 Å². The number of halogens is 1. The number of ether oxygens (including phenoxy) is 2.